The number of rotatable bonds is 1. The Balaban J connectivity index is 2.26. The third-order valence-corrected chi connectivity index (χ3v) is 1.87. The number of likely N-dealkylation sites (N-methyl/N-ethyl adjacent to an activating group) is 1. The van der Waals surface area contributed by atoms with Crippen molar-refractivity contribution >= 4 is 0 Å². The summed E-state index contributed by atoms with van der Waals surface area (Å²) in [6.07, 6.45) is 2.10. The van der Waals surface area contributed by atoms with Gasteiger partial charge in [0.25, 0.3) is 0 Å². The fraction of sp³-hybridized carbons (Fsp3) is 1.00. The van der Waals surface area contributed by atoms with E-state index in [-0.39, 0.29) is 6.10 Å². The Morgan fingerprint density at radius 3 is 2.00 bits per heavy atom. The summed E-state index contributed by atoms with van der Waals surface area (Å²) in [4.78, 5) is 2.08. The van der Waals surface area contributed by atoms with Gasteiger partial charge in [-0.3, -0.25) is 0 Å². The van der Waals surface area contributed by atoms with E-state index in [1.54, 1.807) is 0 Å². The first-order chi connectivity index (χ1) is 3.72. The molecule has 8 heavy (non-hydrogen) atoms. The lowest BCUT2D eigenvalue weighted by molar-refractivity contribution is 0.000766. The highest BCUT2D eigenvalue weighted by Gasteiger charge is 2.29. The van der Waals surface area contributed by atoms with Crippen molar-refractivity contribution in [3.05, 3.63) is 0 Å². The molecule has 0 radical (unpaired) electrons. The minimum Gasteiger partial charge on any atom is -0.391 e. The van der Waals surface area contributed by atoms with Crippen LogP contribution in [0.15, 0.2) is 0 Å². The van der Waals surface area contributed by atoms with Crippen molar-refractivity contribution in [1.29, 1.82) is 0 Å². The summed E-state index contributed by atoms with van der Waals surface area (Å²) >= 11 is 0. The quantitative estimate of drug-likeness (QED) is 0.523. The minimum atomic E-state index is -0.0509. The molecule has 1 saturated carbocycles. The monoisotopic (exact) mass is 115 g/mol. The Morgan fingerprint density at radius 1 is 1.38 bits per heavy atom. The van der Waals surface area contributed by atoms with Crippen LogP contribution in [0.5, 0.6) is 0 Å². The first-order valence-corrected chi connectivity index (χ1v) is 3.06. The summed E-state index contributed by atoms with van der Waals surface area (Å²) in [5.41, 5.74) is 0. The lowest BCUT2D eigenvalue weighted by Crippen LogP contribution is -2.46. The second-order valence-electron chi connectivity index (χ2n) is 2.68. The van der Waals surface area contributed by atoms with E-state index >= 15 is 0 Å². The first kappa shape index (κ1) is 6.05. The Kier molecular flexibility index (Phi) is 1.54. The number of hydrogen-bond acceptors (Lipinski definition) is 2. The lowest BCUT2D eigenvalue weighted by Gasteiger charge is -2.37. The molecule has 1 fully saturated rings. The maximum atomic E-state index is 9.04. The van der Waals surface area contributed by atoms with Gasteiger partial charge in [-0.05, 0) is 26.9 Å². The van der Waals surface area contributed by atoms with Crippen molar-refractivity contribution in [1.82, 2.24) is 4.90 Å². The topological polar surface area (TPSA) is 23.5 Å². The summed E-state index contributed by atoms with van der Waals surface area (Å²) in [7, 11) is 4.01. The molecule has 1 N–H and O–H groups in total. The number of aliphatic hydroxyl groups is 1. The zero-order valence-corrected chi connectivity index (χ0v) is 5.46. The molecule has 1 aliphatic carbocycles. The molecule has 0 aliphatic heterocycles. The van der Waals surface area contributed by atoms with Gasteiger partial charge in [0, 0.05) is 6.04 Å². The molecule has 0 aromatic heterocycles. The van der Waals surface area contributed by atoms with Gasteiger partial charge in [-0.1, -0.05) is 0 Å². The van der Waals surface area contributed by atoms with E-state index in [0.717, 1.165) is 12.8 Å². The molecule has 0 aromatic carbocycles. The van der Waals surface area contributed by atoms with Crippen LogP contribution in [0, 0.1) is 0 Å². The minimum absolute atomic E-state index is 0.0509. The smallest absolute Gasteiger partial charge is 0.0695 e. The van der Waals surface area contributed by atoms with Gasteiger partial charge in [0.1, 0.15) is 0 Å². The van der Waals surface area contributed by atoms with E-state index in [1.165, 1.54) is 0 Å². The summed E-state index contributed by atoms with van der Waals surface area (Å²) < 4.78 is 0. The largest absolute Gasteiger partial charge is 0.391 e. The molecule has 0 bridgehead atoms. The number of aliphatic hydroxyl groups excluding tert-OH is 1. The molecule has 2 heteroatoms. The van der Waals surface area contributed by atoms with Gasteiger partial charge in [-0.15, -0.1) is 0 Å². The summed E-state index contributed by atoms with van der Waals surface area (Å²) in [5.74, 6) is 0. The molecule has 2 nitrogen and oxygen atoms in total. The molecule has 0 amide bonds. The molecule has 0 unspecified atom stereocenters. The van der Waals surface area contributed by atoms with Crippen LogP contribution in [-0.4, -0.2) is 36.2 Å². The van der Waals surface area contributed by atoms with Crippen LogP contribution in [0.2, 0.25) is 0 Å². The van der Waals surface area contributed by atoms with Gasteiger partial charge in [0.15, 0.2) is 0 Å². The Hall–Kier alpha value is -0.0800. The van der Waals surface area contributed by atoms with Gasteiger partial charge in [0.2, 0.25) is 0 Å². The molecule has 0 heterocycles. The number of nitrogens with zero attached hydrogens (tertiary/aromatic N) is 1. The highest BCUT2D eigenvalue weighted by atomic mass is 16.3. The second kappa shape index (κ2) is 2.03. The van der Waals surface area contributed by atoms with Crippen LogP contribution in [0.3, 0.4) is 0 Å². The van der Waals surface area contributed by atoms with E-state index in [1.807, 2.05) is 14.1 Å². The zero-order chi connectivity index (χ0) is 6.15. The Bertz CT molecular complexity index is 77.8. The van der Waals surface area contributed by atoms with Crippen LogP contribution in [0.25, 0.3) is 0 Å². The molecule has 2 atom stereocenters. The van der Waals surface area contributed by atoms with E-state index in [9.17, 15) is 0 Å². The molecule has 0 saturated heterocycles. The average molecular weight is 115 g/mol. The van der Waals surface area contributed by atoms with Gasteiger partial charge >= 0.3 is 0 Å². The van der Waals surface area contributed by atoms with Crippen molar-refractivity contribution in [2.75, 3.05) is 14.1 Å². The van der Waals surface area contributed by atoms with Crippen molar-refractivity contribution < 1.29 is 5.11 Å². The van der Waals surface area contributed by atoms with Crippen molar-refractivity contribution in [2.24, 2.45) is 0 Å². The van der Waals surface area contributed by atoms with E-state index < -0.39 is 0 Å². The summed E-state index contributed by atoms with van der Waals surface area (Å²) in [5, 5.41) is 9.04. The summed E-state index contributed by atoms with van der Waals surface area (Å²) in [6.45, 7) is 0. The Labute approximate surface area is 50.1 Å². The van der Waals surface area contributed by atoms with Crippen LogP contribution in [0.4, 0.5) is 0 Å². The van der Waals surface area contributed by atoms with Crippen LogP contribution in [-0.2, 0) is 0 Å². The third kappa shape index (κ3) is 0.858. The summed E-state index contributed by atoms with van der Waals surface area (Å²) in [6, 6.07) is 0.440. The zero-order valence-electron chi connectivity index (χ0n) is 5.46. The van der Waals surface area contributed by atoms with Gasteiger partial charge < -0.3 is 10.0 Å². The Morgan fingerprint density at radius 2 is 2.00 bits per heavy atom. The first-order valence-electron chi connectivity index (χ1n) is 3.06. The van der Waals surface area contributed by atoms with Crippen molar-refractivity contribution in [3.63, 3.8) is 0 Å². The standard InChI is InChI=1S/C6H13NO/c1-7(2)5-3-4-6(5)8/h5-6,8H,3-4H2,1-2H3/t5-,6+/m1/s1. The average Bonchev–Trinajstić information content (AvgIpc) is 1.61. The highest BCUT2D eigenvalue weighted by molar-refractivity contribution is 4.85. The normalized spacial score (nSPS) is 37.5. The molecule has 0 aromatic rings. The molecule has 48 valence electrons. The SMILES string of the molecule is CN(C)[C@@H]1CC[C@@H]1O. The maximum Gasteiger partial charge on any atom is 0.0695 e. The van der Waals surface area contributed by atoms with E-state index in [2.05, 4.69) is 4.90 Å². The predicted octanol–water partition coefficient (Wildman–Crippen LogP) is 0.0713. The van der Waals surface area contributed by atoms with E-state index in [0.29, 0.717) is 6.04 Å². The van der Waals surface area contributed by atoms with Crippen molar-refractivity contribution in [2.45, 2.75) is 25.0 Å². The highest BCUT2D eigenvalue weighted by Crippen LogP contribution is 2.22. The lowest BCUT2D eigenvalue weighted by atomic mass is 9.88. The van der Waals surface area contributed by atoms with Gasteiger partial charge in [-0.2, -0.15) is 0 Å². The third-order valence-electron chi connectivity index (χ3n) is 1.87. The van der Waals surface area contributed by atoms with E-state index in [4.69, 9.17) is 5.11 Å². The fourth-order valence-electron chi connectivity index (χ4n) is 1.07. The fourth-order valence-corrected chi connectivity index (χ4v) is 1.07. The maximum absolute atomic E-state index is 9.04. The van der Waals surface area contributed by atoms with Crippen LogP contribution in [0.1, 0.15) is 12.8 Å². The van der Waals surface area contributed by atoms with Gasteiger partial charge in [-0.25, -0.2) is 0 Å². The molecule has 0 spiro atoms. The second-order valence-corrected chi connectivity index (χ2v) is 2.68. The molecular formula is C6H13NO. The van der Waals surface area contributed by atoms with Crippen LogP contribution < -0.4 is 0 Å². The van der Waals surface area contributed by atoms with Gasteiger partial charge in [0.05, 0.1) is 6.10 Å². The number of hydrogen-bond donors (Lipinski definition) is 1. The van der Waals surface area contributed by atoms with Crippen molar-refractivity contribution in [3.8, 4) is 0 Å². The molecule has 1 aliphatic rings. The molecular weight excluding hydrogens is 102 g/mol. The predicted molar refractivity (Wildman–Crippen MR) is 32.7 cm³/mol. The molecule has 1 rings (SSSR count). The van der Waals surface area contributed by atoms with Crippen LogP contribution >= 0.6 is 0 Å².